The van der Waals surface area contributed by atoms with Crippen LogP contribution in [0.5, 0.6) is 0 Å². The molecule has 1 saturated heterocycles. The minimum absolute atomic E-state index is 0.287. The van der Waals surface area contributed by atoms with E-state index in [9.17, 15) is 4.79 Å². The molecule has 2 nitrogen and oxygen atoms in total. The monoisotopic (exact) mass is 401 g/mol. The highest BCUT2D eigenvalue weighted by Gasteiger charge is 2.25. The minimum atomic E-state index is 0.287. The van der Waals surface area contributed by atoms with Crippen LogP contribution in [-0.2, 0) is 4.79 Å². The smallest absolute Gasteiger partial charge is 0.137 e. The van der Waals surface area contributed by atoms with E-state index in [0.717, 1.165) is 58.0 Å². The topological polar surface area (TPSA) is 20.3 Å². The van der Waals surface area contributed by atoms with Crippen LogP contribution in [0.25, 0.3) is 0 Å². The van der Waals surface area contributed by atoms with Crippen molar-refractivity contribution in [3.8, 4) is 0 Å². The molecule has 1 aliphatic rings. The van der Waals surface area contributed by atoms with E-state index in [-0.39, 0.29) is 5.92 Å². The summed E-state index contributed by atoms with van der Waals surface area (Å²) < 4.78 is 0. The van der Waals surface area contributed by atoms with E-state index in [0.29, 0.717) is 11.7 Å². The predicted octanol–water partition coefficient (Wildman–Crippen LogP) is 7.51. The zero-order chi connectivity index (χ0) is 21.6. The number of Topliss-reactive ketones (excluding diaryl/α,β-unsaturated/α-hetero) is 1. The number of hydrogen-bond acceptors (Lipinski definition) is 2. The van der Waals surface area contributed by atoms with E-state index in [1.54, 1.807) is 0 Å². The molecule has 0 amide bonds. The Morgan fingerprint density at radius 3 is 2.24 bits per heavy atom. The molecule has 1 fully saturated rings. The van der Waals surface area contributed by atoms with Gasteiger partial charge in [-0.05, 0) is 98.1 Å². The summed E-state index contributed by atoms with van der Waals surface area (Å²) in [6, 6.07) is 0. The summed E-state index contributed by atoms with van der Waals surface area (Å²) in [5.41, 5.74) is 4.41. The quantitative estimate of drug-likeness (QED) is 0.297. The Balaban J connectivity index is 2.24. The lowest BCUT2D eigenvalue weighted by Crippen LogP contribution is -2.38. The zero-order valence-corrected chi connectivity index (χ0v) is 20.2. The largest absolute Gasteiger partial charge is 0.303 e. The van der Waals surface area contributed by atoms with Gasteiger partial charge in [0.1, 0.15) is 5.78 Å². The molecule has 0 radical (unpaired) electrons. The molecule has 0 aromatic rings. The fourth-order valence-electron chi connectivity index (χ4n) is 4.17. The number of carbonyl (C=O) groups is 1. The van der Waals surface area contributed by atoms with Crippen molar-refractivity contribution in [2.45, 2.75) is 99.3 Å². The molecule has 2 atom stereocenters. The van der Waals surface area contributed by atoms with Gasteiger partial charge in [-0.15, -0.1) is 0 Å². The van der Waals surface area contributed by atoms with Crippen molar-refractivity contribution in [2.75, 3.05) is 19.6 Å². The lowest BCUT2D eigenvalue weighted by Gasteiger charge is -2.31. The van der Waals surface area contributed by atoms with E-state index < -0.39 is 0 Å². The van der Waals surface area contributed by atoms with Crippen LogP contribution >= 0.6 is 0 Å². The predicted molar refractivity (Wildman–Crippen MR) is 128 cm³/mol. The molecule has 1 aliphatic heterocycles. The van der Waals surface area contributed by atoms with Crippen molar-refractivity contribution in [1.82, 2.24) is 4.90 Å². The third kappa shape index (κ3) is 12.2. The van der Waals surface area contributed by atoms with E-state index >= 15 is 0 Å². The van der Waals surface area contributed by atoms with E-state index in [4.69, 9.17) is 0 Å². The van der Waals surface area contributed by atoms with Gasteiger partial charge in [0.15, 0.2) is 0 Å². The molecule has 2 unspecified atom stereocenters. The Morgan fingerprint density at radius 1 is 1.00 bits per heavy atom. The van der Waals surface area contributed by atoms with Gasteiger partial charge >= 0.3 is 0 Å². The standard InChI is InChI=1S/C27H47NO/c1-7-28-19-11-18-26(21-28)27(29)20-25(6)17-10-16-24(5)15-9-14-23(4)13-8-12-22(2)3/h12,14,16,25-26H,7-11,13,15,17-21H2,1-6H3. The van der Waals surface area contributed by atoms with Crippen LogP contribution in [0.15, 0.2) is 34.9 Å². The van der Waals surface area contributed by atoms with Crippen LogP contribution in [0.2, 0.25) is 0 Å². The molecule has 1 heterocycles. The first-order valence-corrected chi connectivity index (χ1v) is 12.0. The van der Waals surface area contributed by atoms with Gasteiger partial charge in [-0.2, -0.15) is 0 Å². The second-order valence-electron chi connectivity index (χ2n) is 9.55. The molecule has 1 rings (SSSR count). The number of likely N-dealkylation sites (tertiary alicyclic amines) is 1. The summed E-state index contributed by atoms with van der Waals surface area (Å²) in [5.74, 6) is 1.29. The molecule has 0 bridgehead atoms. The summed E-state index contributed by atoms with van der Waals surface area (Å²) in [5, 5.41) is 0. The maximum absolute atomic E-state index is 12.6. The summed E-state index contributed by atoms with van der Waals surface area (Å²) in [7, 11) is 0. The Morgan fingerprint density at radius 2 is 1.62 bits per heavy atom. The molecule has 2 heteroatoms. The van der Waals surface area contributed by atoms with Crippen molar-refractivity contribution < 1.29 is 4.79 Å². The number of piperidine rings is 1. The van der Waals surface area contributed by atoms with Crippen molar-refractivity contribution in [1.29, 1.82) is 0 Å². The Bertz CT molecular complexity index is 565. The molecule has 0 aliphatic carbocycles. The van der Waals surface area contributed by atoms with Crippen LogP contribution < -0.4 is 0 Å². The number of carbonyl (C=O) groups excluding carboxylic acids is 1. The Hall–Kier alpha value is -1.15. The van der Waals surface area contributed by atoms with E-state index in [2.05, 4.69) is 64.7 Å². The average Bonchev–Trinajstić information content (AvgIpc) is 2.67. The first-order chi connectivity index (χ1) is 13.8. The van der Waals surface area contributed by atoms with Crippen molar-refractivity contribution in [3.63, 3.8) is 0 Å². The lowest BCUT2D eigenvalue weighted by molar-refractivity contribution is -0.125. The van der Waals surface area contributed by atoms with Gasteiger partial charge in [0, 0.05) is 18.9 Å². The first-order valence-electron chi connectivity index (χ1n) is 12.0. The van der Waals surface area contributed by atoms with Crippen LogP contribution in [0.1, 0.15) is 99.3 Å². The number of nitrogens with zero attached hydrogens (tertiary/aromatic N) is 1. The van der Waals surface area contributed by atoms with E-state index in [1.807, 2.05) is 0 Å². The SMILES string of the molecule is CCN1CCCC(C(=O)CC(C)CCC=C(C)CCC=C(C)CCC=C(C)C)C1. The lowest BCUT2D eigenvalue weighted by atomic mass is 9.87. The van der Waals surface area contributed by atoms with Crippen molar-refractivity contribution in [2.24, 2.45) is 11.8 Å². The molecule has 0 aromatic carbocycles. The fourth-order valence-corrected chi connectivity index (χ4v) is 4.17. The summed E-state index contributed by atoms with van der Waals surface area (Å²) in [6.45, 7) is 16.5. The fraction of sp³-hybridized carbons (Fsp3) is 0.741. The van der Waals surface area contributed by atoms with Gasteiger partial charge in [-0.1, -0.05) is 48.8 Å². The summed E-state index contributed by atoms with van der Waals surface area (Å²) in [6.07, 6.45) is 17.0. The Kier molecular flexibility index (Phi) is 13.2. The summed E-state index contributed by atoms with van der Waals surface area (Å²) in [4.78, 5) is 15.1. The molecular formula is C27H47NO. The highest BCUT2D eigenvalue weighted by Crippen LogP contribution is 2.22. The molecule has 0 saturated carbocycles. The number of hydrogen-bond donors (Lipinski definition) is 0. The van der Waals surface area contributed by atoms with Crippen molar-refractivity contribution >= 4 is 5.78 Å². The molecule has 0 spiro atoms. The highest BCUT2D eigenvalue weighted by molar-refractivity contribution is 5.81. The van der Waals surface area contributed by atoms with Crippen LogP contribution in [0, 0.1) is 11.8 Å². The second kappa shape index (κ2) is 14.8. The van der Waals surface area contributed by atoms with Gasteiger partial charge in [-0.25, -0.2) is 0 Å². The molecule has 166 valence electrons. The van der Waals surface area contributed by atoms with Crippen molar-refractivity contribution in [3.05, 3.63) is 34.9 Å². The van der Waals surface area contributed by atoms with Crippen LogP contribution in [0.4, 0.5) is 0 Å². The average molecular weight is 402 g/mol. The zero-order valence-electron chi connectivity index (χ0n) is 20.2. The number of rotatable bonds is 13. The maximum atomic E-state index is 12.6. The van der Waals surface area contributed by atoms with Gasteiger partial charge < -0.3 is 4.90 Å². The number of allylic oxidation sites excluding steroid dienone is 6. The molecular weight excluding hydrogens is 354 g/mol. The molecule has 0 aromatic heterocycles. The van der Waals surface area contributed by atoms with E-state index in [1.165, 1.54) is 36.1 Å². The second-order valence-corrected chi connectivity index (χ2v) is 9.55. The minimum Gasteiger partial charge on any atom is -0.303 e. The molecule has 29 heavy (non-hydrogen) atoms. The first kappa shape index (κ1) is 25.9. The number of ketones is 1. The normalized spacial score (nSPS) is 19.9. The third-order valence-corrected chi connectivity index (χ3v) is 6.23. The maximum Gasteiger partial charge on any atom is 0.137 e. The summed E-state index contributed by atoms with van der Waals surface area (Å²) >= 11 is 0. The van der Waals surface area contributed by atoms with Crippen LogP contribution in [-0.4, -0.2) is 30.3 Å². The van der Waals surface area contributed by atoms with Gasteiger partial charge in [0.05, 0.1) is 0 Å². The van der Waals surface area contributed by atoms with Crippen LogP contribution in [0.3, 0.4) is 0 Å². The molecule has 0 N–H and O–H groups in total. The highest BCUT2D eigenvalue weighted by atomic mass is 16.1. The Labute approximate surface area is 181 Å². The third-order valence-electron chi connectivity index (χ3n) is 6.23. The van der Waals surface area contributed by atoms with Gasteiger partial charge in [0.25, 0.3) is 0 Å². The van der Waals surface area contributed by atoms with Gasteiger partial charge in [-0.3, -0.25) is 4.79 Å². The van der Waals surface area contributed by atoms with Gasteiger partial charge in [0.2, 0.25) is 0 Å².